The molecule has 2 aliphatic carbocycles. The lowest BCUT2D eigenvalue weighted by atomic mass is 9.69. The number of methoxy groups -OCH3 is 1. The van der Waals surface area contributed by atoms with Gasteiger partial charge in [-0.15, -0.1) is 0 Å². The smallest absolute Gasteiger partial charge is 0.337 e. The number of hydrogen-bond donors (Lipinski definition) is 1. The minimum atomic E-state index is -0.902. The van der Waals surface area contributed by atoms with Crippen molar-refractivity contribution in [1.82, 2.24) is 5.32 Å². The molecule has 0 radical (unpaired) electrons. The summed E-state index contributed by atoms with van der Waals surface area (Å²) in [5.74, 6) is -2.28. The van der Waals surface area contributed by atoms with Gasteiger partial charge in [-0.25, -0.2) is 4.79 Å². The average molecular weight is 482 g/mol. The van der Waals surface area contributed by atoms with Gasteiger partial charge >= 0.3 is 11.9 Å². The van der Waals surface area contributed by atoms with Crippen molar-refractivity contribution in [3.63, 3.8) is 0 Å². The molecule has 3 aliphatic rings. The second-order valence-corrected chi connectivity index (χ2v) is 9.76. The van der Waals surface area contributed by atoms with E-state index >= 15 is 0 Å². The SMILES string of the molecule is CCCOc1ccc([C@H]2C(C(=O)OC3CCCC3)=C(C)NC3=C2C(=O)[C@@H](C(=O)OC)[C@H](C)C3)cc1. The van der Waals surface area contributed by atoms with Crippen molar-refractivity contribution < 1.29 is 28.6 Å². The summed E-state index contributed by atoms with van der Waals surface area (Å²) >= 11 is 0. The first-order valence-corrected chi connectivity index (χ1v) is 12.6. The van der Waals surface area contributed by atoms with Gasteiger partial charge in [-0.2, -0.15) is 0 Å². The summed E-state index contributed by atoms with van der Waals surface area (Å²) in [5.41, 5.74) is 3.09. The zero-order valence-corrected chi connectivity index (χ0v) is 21.0. The summed E-state index contributed by atoms with van der Waals surface area (Å²) < 4.78 is 16.6. The number of carbonyl (C=O) groups is 3. The number of dihydropyridines is 1. The standard InChI is InChI=1S/C28H35NO6/c1-5-14-34-19-12-10-18(11-13-19)24-23(28(32)35-20-8-6-7-9-20)17(3)29-21-15-16(2)22(27(31)33-4)26(30)25(21)24/h10-13,16,20,22,24,29H,5-9,14-15H2,1-4H3/t16-,22+,24+/m1/s1. The lowest BCUT2D eigenvalue weighted by Gasteiger charge is -2.38. The van der Waals surface area contributed by atoms with E-state index in [-0.39, 0.29) is 17.8 Å². The molecule has 0 unspecified atom stereocenters. The number of carbonyl (C=O) groups excluding carboxylic acids is 3. The summed E-state index contributed by atoms with van der Waals surface area (Å²) in [6.45, 7) is 6.38. The maximum atomic E-state index is 13.8. The Balaban J connectivity index is 1.76. The van der Waals surface area contributed by atoms with Crippen LogP contribution in [-0.2, 0) is 23.9 Å². The highest BCUT2D eigenvalue weighted by Crippen LogP contribution is 2.46. The lowest BCUT2D eigenvalue weighted by molar-refractivity contribution is -0.151. The van der Waals surface area contributed by atoms with Crippen LogP contribution in [0.15, 0.2) is 46.8 Å². The molecule has 7 heteroatoms. The molecule has 1 aliphatic heterocycles. The molecule has 1 fully saturated rings. The largest absolute Gasteiger partial charge is 0.494 e. The van der Waals surface area contributed by atoms with E-state index in [1.807, 2.05) is 45.0 Å². The van der Waals surface area contributed by atoms with Crippen molar-refractivity contribution in [2.75, 3.05) is 13.7 Å². The van der Waals surface area contributed by atoms with Crippen molar-refractivity contribution in [3.05, 3.63) is 52.4 Å². The first kappa shape index (κ1) is 25.0. The first-order chi connectivity index (χ1) is 16.8. The van der Waals surface area contributed by atoms with Gasteiger partial charge in [0.1, 0.15) is 17.8 Å². The van der Waals surface area contributed by atoms with Crippen molar-refractivity contribution in [2.45, 2.75) is 71.3 Å². The van der Waals surface area contributed by atoms with Gasteiger partial charge in [-0.05, 0) is 69.1 Å². The molecule has 0 saturated heterocycles. The molecule has 4 rings (SSSR count). The topological polar surface area (TPSA) is 90.9 Å². The third-order valence-electron chi connectivity index (χ3n) is 7.23. The fraction of sp³-hybridized carbons (Fsp3) is 0.536. The molecule has 0 bridgehead atoms. The normalized spacial score (nSPS) is 24.7. The van der Waals surface area contributed by atoms with E-state index in [0.717, 1.165) is 49.1 Å². The van der Waals surface area contributed by atoms with Crippen LogP contribution in [0.4, 0.5) is 0 Å². The number of allylic oxidation sites excluding steroid dienone is 3. The van der Waals surface area contributed by atoms with E-state index in [9.17, 15) is 14.4 Å². The maximum absolute atomic E-state index is 13.8. The number of hydrogen-bond acceptors (Lipinski definition) is 7. The zero-order chi connectivity index (χ0) is 25.1. The zero-order valence-electron chi connectivity index (χ0n) is 21.0. The van der Waals surface area contributed by atoms with Crippen molar-refractivity contribution in [3.8, 4) is 5.75 Å². The van der Waals surface area contributed by atoms with Crippen LogP contribution in [0, 0.1) is 11.8 Å². The Morgan fingerprint density at radius 2 is 1.80 bits per heavy atom. The minimum Gasteiger partial charge on any atom is -0.494 e. The van der Waals surface area contributed by atoms with Crippen LogP contribution >= 0.6 is 0 Å². The van der Waals surface area contributed by atoms with Crippen molar-refractivity contribution >= 4 is 17.7 Å². The number of nitrogens with one attached hydrogen (secondary N) is 1. The monoisotopic (exact) mass is 481 g/mol. The molecule has 1 heterocycles. The molecule has 35 heavy (non-hydrogen) atoms. The molecular weight excluding hydrogens is 446 g/mol. The fourth-order valence-electron chi connectivity index (χ4n) is 5.48. The molecule has 1 aromatic carbocycles. The molecule has 1 aromatic rings. The third-order valence-corrected chi connectivity index (χ3v) is 7.23. The van der Waals surface area contributed by atoms with Gasteiger partial charge in [0.25, 0.3) is 0 Å². The molecule has 0 spiro atoms. The predicted molar refractivity (Wildman–Crippen MR) is 130 cm³/mol. The average Bonchev–Trinajstić information content (AvgIpc) is 3.35. The summed E-state index contributed by atoms with van der Waals surface area (Å²) in [6, 6.07) is 7.49. The molecule has 7 nitrogen and oxygen atoms in total. The quantitative estimate of drug-likeness (QED) is 0.450. The van der Waals surface area contributed by atoms with E-state index < -0.39 is 23.8 Å². The van der Waals surface area contributed by atoms with E-state index in [2.05, 4.69) is 5.32 Å². The Morgan fingerprint density at radius 1 is 1.11 bits per heavy atom. The summed E-state index contributed by atoms with van der Waals surface area (Å²) in [4.78, 5) is 39.8. The molecule has 0 aromatic heterocycles. The maximum Gasteiger partial charge on any atom is 0.337 e. The van der Waals surface area contributed by atoms with Crippen LogP contribution in [-0.4, -0.2) is 37.5 Å². The number of benzene rings is 1. The highest BCUT2D eigenvalue weighted by molar-refractivity contribution is 6.12. The van der Waals surface area contributed by atoms with E-state index in [1.54, 1.807) is 0 Å². The van der Waals surface area contributed by atoms with Gasteiger partial charge in [-0.3, -0.25) is 9.59 Å². The van der Waals surface area contributed by atoms with E-state index in [1.165, 1.54) is 7.11 Å². The number of rotatable bonds is 7. The fourth-order valence-corrected chi connectivity index (χ4v) is 5.48. The summed E-state index contributed by atoms with van der Waals surface area (Å²) in [6.07, 6.45) is 5.11. The second kappa shape index (κ2) is 10.7. The molecule has 3 atom stereocenters. The van der Waals surface area contributed by atoms with Gasteiger partial charge in [0.05, 0.1) is 19.3 Å². The predicted octanol–water partition coefficient (Wildman–Crippen LogP) is 4.57. The first-order valence-electron chi connectivity index (χ1n) is 12.6. The minimum absolute atomic E-state index is 0.103. The Bertz CT molecular complexity index is 1050. The van der Waals surface area contributed by atoms with Gasteiger partial charge in [0.15, 0.2) is 5.78 Å². The van der Waals surface area contributed by atoms with E-state index in [4.69, 9.17) is 14.2 Å². The summed E-state index contributed by atoms with van der Waals surface area (Å²) in [5, 5.41) is 3.31. The number of Topliss-reactive ketones (excluding diaryl/α,β-unsaturated/α-hetero) is 1. The molecule has 0 amide bonds. The molecule has 1 N–H and O–H groups in total. The molecular formula is C28H35NO6. The highest BCUT2D eigenvalue weighted by atomic mass is 16.5. The Kier molecular flexibility index (Phi) is 7.63. The Labute approximate surface area is 206 Å². The summed E-state index contributed by atoms with van der Waals surface area (Å²) in [7, 11) is 1.30. The number of ether oxygens (including phenoxy) is 3. The van der Waals surface area contributed by atoms with Crippen LogP contribution in [0.2, 0.25) is 0 Å². The lowest BCUT2D eigenvalue weighted by Crippen LogP contribution is -2.43. The molecule has 188 valence electrons. The Hall–Kier alpha value is -3.09. The Morgan fingerprint density at radius 3 is 2.43 bits per heavy atom. The van der Waals surface area contributed by atoms with Crippen molar-refractivity contribution in [2.24, 2.45) is 11.8 Å². The van der Waals surface area contributed by atoms with Crippen LogP contribution < -0.4 is 10.1 Å². The molecule has 1 saturated carbocycles. The van der Waals surface area contributed by atoms with Gasteiger partial charge < -0.3 is 19.5 Å². The van der Waals surface area contributed by atoms with Gasteiger partial charge in [0, 0.05) is 22.9 Å². The third kappa shape index (κ3) is 5.00. The van der Waals surface area contributed by atoms with Gasteiger partial charge in [0.2, 0.25) is 0 Å². The second-order valence-electron chi connectivity index (χ2n) is 9.76. The van der Waals surface area contributed by atoms with Crippen LogP contribution in [0.25, 0.3) is 0 Å². The highest BCUT2D eigenvalue weighted by Gasteiger charge is 2.47. The number of esters is 2. The van der Waals surface area contributed by atoms with Crippen LogP contribution in [0.5, 0.6) is 5.75 Å². The van der Waals surface area contributed by atoms with Gasteiger partial charge in [-0.1, -0.05) is 26.0 Å². The number of ketones is 1. The van der Waals surface area contributed by atoms with Crippen LogP contribution in [0.1, 0.15) is 70.8 Å². The van der Waals surface area contributed by atoms with Crippen molar-refractivity contribution in [1.29, 1.82) is 0 Å². The van der Waals surface area contributed by atoms with Crippen LogP contribution in [0.3, 0.4) is 0 Å². The van der Waals surface area contributed by atoms with E-state index in [0.29, 0.717) is 29.9 Å².